The molecule has 1 saturated heterocycles. The molecule has 15 heavy (non-hydrogen) atoms. The third-order valence-corrected chi connectivity index (χ3v) is 3.11. The number of hydrogen-bond donors (Lipinski definition) is 1. The fraction of sp³-hybridized carbons (Fsp3) is 0.818. The quantitative estimate of drug-likeness (QED) is 0.770. The van der Waals surface area contributed by atoms with Crippen LogP contribution in [0.1, 0.15) is 27.7 Å². The Bertz CT molecular complexity index is 263. The average Bonchev–Trinajstić information content (AvgIpc) is 2.13. The van der Waals surface area contributed by atoms with E-state index in [1.54, 1.807) is 4.90 Å². The van der Waals surface area contributed by atoms with Gasteiger partial charge in [0.15, 0.2) is 0 Å². The van der Waals surface area contributed by atoms with Crippen molar-refractivity contribution in [1.82, 2.24) is 10.2 Å². The van der Waals surface area contributed by atoms with Crippen molar-refractivity contribution in [3.05, 3.63) is 0 Å². The van der Waals surface area contributed by atoms with Gasteiger partial charge in [-0.1, -0.05) is 27.7 Å². The zero-order valence-corrected chi connectivity index (χ0v) is 9.91. The molecule has 86 valence electrons. The van der Waals surface area contributed by atoms with Crippen LogP contribution in [-0.2, 0) is 4.79 Å². The normalized spacial score (nSPS) is 24.3. The van der Waals surface area contributed by atoms with Gasteiger partial charge in [-0.3, -0.25) is 10.1 Å². The Labute approximate surface area is 91.0 Å². The lowest BCUT2D eigenvalue weighted by molar-refractivity contribution is -0.125. The van der Waals surface area contributed by atoms with Crippen LogP contribution in [0.15, 0.2) is 0 Å². The molecule has 0 aliphatic carbocycles. The van der Waals surface area contributed by atoms with E-state index in [1.807, 2.05) is 6.92 Å². The van der Waals surface area contributed by atoms with Gasteiger partial charge in [-0.05, 0) is 11.8 Å². The summed E-state index contributed by atoms with van der Waals surface area (Å²) in [5.41, 5.74) is 0. The first-order chi connectivity index (χ1) is 6.91. The average molecular weight is 212 g/mol. The molecule has 0 aromatic carbocycles. The van der Waals surface area contributed by atoms with Crippen molar-refractivity contribution in [1.29, 1.82) is 0 Å². The molecule has 1 heterocycles. The molecule has 1 rings (SSSR count). The Morgan fingerprint density at radius 2 is 2.00 bits per heavy atom. The molecule has 4 nitrogen and oxygen atoms in total. The third-order valence-electron chi connectivity index (χ3n) is 3.11. The maximum Gasteiger partial charge on any atom is 0.324 e. The van der Waals surface area contributed by atoms with Gasteiger partial charge in [0.25, 0.3) is 0 Å². The van der Waals surface area contributed by atoms with Crippen LogP contribution < -0.4 is 5.32 Å². The van der Waals surface area contributed by atoms with Gasteiger partial charge in [-0.2, -0.15) is 0 Å². The highest BCUT2D eigenvalue weighted by atomic mass is 16.2. The Balaban J connectivity index is 2.55. The predicted octanol–water partition coefficient (Wildman–Crippen LogP) is 1.47. The van der Waals surface area contributed by atoms with E-state index in [4.69, 9.17) is 0 Å². The maximum absolute atomic E-state index is 11.5. The summed E-state index contributed by atoms with van der Waals surface area (Å²) in [4.78, 5) is 24.4. The van der Waals surface area contributed by atoms with E-state index in [-0.39, 0.29) is 17.9 Å². The van der Waals surface area contributed by atoms with E-state index in [2.05, 4.69) is 26.1 Å². The first-order valence-electron chi connectivity index (χ1n) is 5.51. The number of nitrogens with one attached hydrogen (secondary N) is 1. The van der Waals surface area contributed by atoms with E-state index in [0.717, 1.165) is 6.54 Å². The Hall–Kier alpha value is -1.06. The number of carbonyl (C=O) groups excluding carboxylic acids is 2. The van der Waals surface area contributed by atoms with Crippen molar-refractivity contribution in [2.24, 2.45) is 17.8 Å². The van der Waals surface area contributed by atoms with Crippen LogP contribution in [0, 0.1) is 17.8 Å². The number of urea groups is 1. The van der Waals surface area contributed by atoms with Crippen LogP contribution in [0.4, 0.5) is 4.79 Å². The van der Waals surface area contributed by atoms with E-state index >= 15 is 0 Å². The summed E-state index contributed by atoms with van der Waals surface area (Å²) in [6.07, 6.45) is 0. The second-order valence-corrected chi connectivity index (χ2v) is 4.82. The molecule has 1 aliphatic rings. The van der Waals surface area contributed by atoms with Crippen LogP contribution in [0.3, 0.4) is 0 Å². The summed E-state index contributed by atoms with van der Waals surface area (Å²) in [7, 11) is 0. The summed E-state index contributed by atoms with van der Waals surface area (Å²) in [5, 5.41) is 2.37. The summed E-state index contributed by atoms with van der Waals surface area (Å²) < 4.78 is 0. The fourth-order valence-corrected chi connectivity index (χ4v) is 1.52. The molecule has 0 saturated carbocycles. The number of hydrogen-bond acceptors (Lipinski definition) is 2. The third kappa shape index (κ3) is 2.94. The molecule has 0 radical (unpaired) electrons. The first-order valence-corrected chi connectivity index (χ1v) is 5.51. The highest BCUT2D eigenvalue weighted by Gasteiger charge is 2.29. The molecule has 0 aromatic rings. The van der Waals surface area contributed by atoms with Crippen molar-refractivity contribution in [2.75, 3.05) is 13.1 Å². The largest absolute Gasteiger partial charge is 0.324 e. The minimum Gasteiger partial charge on any atom is -0.323 e. The SMILES string of the molecule is CC1CN(CC(C)C(C)C)C(=O)NC1=O. The molecule has 1 fully saturated rings. The standard InChI is InChI=1S/C11H20N2O2/c1-7(2)8(3)5-13-6-9(4)10(14)12-11(13)15/h7-9H,5-6H2,1-4H3,(H,12,14,15). The topological polar surface area (TPSA) is 49.4 Å². The van der Waals surface area contributed by atoms with E-state index in [0.29, 0.717) is 18.4 Å². The summed E-state index contributed by atoms with van der Waals surface area (Å²) in [6.45, 7) is 9.51. The number of rotatable bonds is 3. The lowest BCUT2D eigenvalue weighted by Crippen LogP contribution is -2.54. The molecule has 2 atom stereocenters. The smallest absolute Gasteiger partial charge is 0.323 e. The molecular weight excluding hydrogens is 192 g/mol. The predicted molar refractivity (Wildman–Crippen MR) is 58.3 cm³/mol. The highest BCUT2D eigenvalue weighted by molar-refractivity contribution is 5.97. The molecule has 3 amide bonds. The van der Waals surface area contributed by atoms with Gasteiger partial charge in [0, 0.05) is 13.1 Å². The van der Waals surface area contributed by atoms with Gasteiger partial charge in [0.1, 0.15) is 0 Å². The minimum absolute atomic E-state index is 0.0953. The molecule has 4 heteroatoms. The van der Waals surface area contributed by atoms with Gasteiger partial charge >= 0.3 is 6.03 Å². The number of amides is 3. The van der Waals surface area contributed by atoms with Gasteiger partial charge in [0.2, 0.25) is 5.91 Å². The molecular formula is C11H20N2O2. The molecule has 0 aromatic heterocycles. The van der Waals surface area contributed by atoms with Crippen molar-refractivity contribution in [3.8, 4) is 0 Å². The number of nitrogens with zero attached hydrogens (tertiary/aromatic N) is 1. The number of imide groups is 1. The summed E-state index contributed by atoms with van der Waals surface area (Å²) in [5.74, 6) is 0.748. The van der Waals surface area contributed by atoms with Gasteiger partial charge in [0.05, 0.1) is 5.92 Å². The van der Waals surface area contributed by atoms with Gasteiger partial charge < -0.3 is 4.90 Å². The Morgan fingerprint density at radius 1 is 1.40 bits per heavy atom. The van der Waals surface area contributed by atoms with Crippen molar-refractivity contribution < 1.29 is 9.59 Å². The van der Waals surface area contributed by atoms with E-state index in [9.17, 15) is 9.59 Å². The minimum atomic E-state index is -0.245. The van der Waals surface area contributed by atoms with Gasteiger partial charge in [-0.25, -0.2) is 4.79 Å². The molecule has 0 bridgehead atoms. The second-order valence-electron chi connectivity index (χ2n) is 4.82. The monoisotopic (exact) mass is 212 g/mol. The van der Waals surface area contributed by atoms with Crippen molar-refractivity contribution in [3.63, 3.8) is 0 Å². The molecule has 1 N–H and O–H groups in total. The molecule has 0 spiro atoms. The fourth-order valence-electron chi connectivity index (χ4n) is 1.52. The van der Waals surface area contributed by atoms with Crippen molar-refractivity contribution >= 4 is 11.9 Å². The zero-order valence-electron chi connectivity index (χ0n) is 9.91. The lowest BCUT2D eigenvalue weighted by Gasteiger charge is -2.33. The Kier molecular flexibility index (Phi) is 3.72. The highest BCUT2D eigenvalue weighted by Crippen LogP contribution is 2.15. The zero-order chi connectivity index (χ0) is 11.6. The van der Waals surface area contributed by atoms with Crippen LogP contribution in [0.5, 0.6) is 0 Å². The van der Waals surface area contributed by atoms with E-state index in [1.165, 1.54) is 0 Å². The second kappa shape index (κ2) is 4.64. The lowest BCUT2D eigenvalue weighted by atomic mass is 9.97. The van der Waals surface area contributed by atoms with Crippen LogP contribution in [-0.4, -0.2) is 29.9 Å². The van der Waals surface area contributed by atoms with Crippen molar-refractivity contribution in [2.45, 2.75) is 27.7 Å². The van der Waals surface area contributed by atoms with E-state index < -0.39 is 0 Å². The van der Waals surface area contributed by atoms with Gasteiger partial charge in [-0.15, -0.1) is 0 Å². The first kappa shape index (κ1) is 12.0. The summed E-state index contributed by atoms with van der Waals surface area (Å²) >= 11 is 0. The molecule has 1 aliphatic heterocycles. The maximum atomic E-state index is 11.5. The Morgan fingerprint density at radius 3 is 2.53 bits per heavy atom. The summed E-state index contributed by atoms with van der Waals surface area (Å²) in [6, 6.07) is -0.245. The molecule has 2 unspecified atom stereocenters. The van der Waals surface area contributed by atoms with Crippen LogP contribution >= 0.6 is 0 Å². The van der Waals surface area contributed by atoms with Crippen LogP contribution in [0.2, 0.25) is 0 Å². The number of carbonyl (C=O) groups is 2. The van der Waals surface area contributed by atoms with Crippen LogP contribution in [0.25, 0.3) is 0 Å².